The van der Waals surface area contributed by atoms with E-state index in [0.29, 0.717) is 10.9 Å². The van der Waals surface area contributed by atoms with Crippen LogP contribution in [0.3, 0.4) is 0 Å². The average molecular weight is 291 g/mol. The van der Waals surface area contributed by atoms with Crippen LogP contribution in [0.4, 0.5) is 0 Å². The smallest absolute Gasteiger partial charge is 0.236 e. The first kappa shape index (κ1) is 14.6. The summed E-state index contributed by atoms with van der Waals surface area (Å²) >= 11 is 1.35. The first-order valence-corrected chi connectivity index (χ1v) is 7.34. The summed E-state index contributed by atoms with van der Waals surface area (Å²) in [4.78, 5) is 11.0. The van der Waals surface area contributed by atoms with E-state index in [1.165, 1.54) is 11.8 Å². The summed E-state index contributed by atoms with van der Waals surface area (Å²) in [6, 6.07) is 5.84. The molecule has 1 heterocycles. The topological polar surface area (TPSA) is 63.0 Å². The van der Waals surface area contributed by atoms with Crippen LogP contribution in [-0.4, -0.2) is 29.1 Å². The minimum Gasteiger partial charge on any atom is -0.491 e. The van der Waals surface area contributed by atoms with Gasteiger partial charge in [-0.1, -0.05) is 11.8 Å². The third kappa shape index (κ3) is 4.09. The Labute approximate surface area is 122 Å². The maximum absolute atomic E-state index is 11.0. The number of rotatable bonds is 4. The minimum absolute atomic E-state index is 0.0324. The SMILES string of the molecule is Cc1cc(C=NN=C2NC(=O)CS2)ccc1OC(C)C. The first-order valence-electron chi connectivity index (χ1n) is 6.35. The minimum atomic E-state index is -0.0324. The van der Waals surface area contributed by atoms with Crippen LogP contribution in [0.15, 0.2) is 28.4 Å². The van der Waals surface area contributed by atoms with Gasteiger partial charge in [-0.2, -0.15) is 5.10 Å². The Morgan fingerprint density at radius 1 is 1.45 bits per heavy atom. The van der Waals surface area contributed by atoms with Crippen LogP contribution in [0, 0.1) is 6.92 Å². The van der Waals surface area contributed by atoms with Crippen molar-refractivity contribution in [2.45, 2.75) is 26.9 Å². The predicted molar refractivity (Wildman–Crippen MR) is 82.6 cm³/mol. The summed E-state index contributed by atoms with van der Waals surface area (Å²) < 4.78 is 5.67. The van der Waals surface area contributed by atoms with Crippen molar-refractivity contribution in [1.82, 2.24) is 5.32 Å². The number of benzene rings is 1. The van der Waals surface area contributed by atoms with Crippen LogP contribution in [0.25, 0.3) is 0 Å². The van der Waals surface area contributed by atoms with Crippen molar-refractivity contribution < 1.29 is 9.53 Å². The summed E-state index contributed by atoms with van der Waals surface area (Å²) in [6.45, 7) is 5.99. The second kappa shape index (κ2) is 6.56. The Morgan fingerprint density at radius 3 is 2.85 bits per heavy atom. The molecule has 0 atom stereocenters. The van der Waals surface area contributed by atoms with Crippen LogP contribution >= 0.6 is 11.8 Å². The number of hydrogen-bond donors (Lipinski definition) is 1. The van der Waals surface area contributed by atoms with E-state index in [9.17, 15) is 4.79 Å². The lowest BCUT2D eigenvalue weighted by Gasteiger charge is -2.12. The molecule has 5 nitrogen and oxygen atoms in total. The number of carbonyl (C=O) groups excluding carboxylic acids is 1. The molecule has 20 heavy (non-hydrogen) atoms. The second-order valence-electron chi connectivity index (χ2n) is 4.68. The number of hydrogen-bond acceptors (Lipinski definition) is 5. The third-order valence-corrected chi connectivity index (χ3v) is 3.37. The normalized spacial score (nSPS) is 17.2. The highest BCUT2D eigenvalue weighted by atomic mass is 32.2. The molecule has 1 aliphatic rings. The Balaban J connectivity index is 2.03. The number of amidine groups is 1. The highest BCUT2D eigenvalue weighted by Gasteiger charge is 2.15. The van der Waals surface area contributed by atoms with E-state index < -0.39 is 0 Å². The summed E-state index contributed by atoms with van der Waals surface area (Å²) in [7, 11) is 0. The van der Waals surface area contributed by atoms with E-state index in [-0.39, 0.29) is 12.0 Å². The molecule has 1 amide bonds. The van der Waals surface area contributed by atoms with Crippen LogP contribution in [0.5, 0.6) is 5.75 Å². The van der Waals surface area contributed by atoms with Crippen molar-refractivity contribution in [3.63, 3.8) is 0 Å². The van der Waals surface area contributed by atoms with E-state index >= 15 is 0 Å². The molecule has 0 radical (unpaired) electrons. The zero-order valence-electron chi connectivity index (χ0n) is 11.7. The van der Waals surface area contributed by atoms with Crippen molar-refractivity contribution in [1.29, 1.82) is 0 Å². The number of aryl methyl sites for hydroxylation is 1. The van der Waals surface area contributed by atoms with Crippen molar-refractivity contribution >= 4 is 29.1 Å². The fourth-order valence-corrected chi connectivity index (χ4v) is 2.30. The second-order valence-corrected chi connectivity index (χ2v) is 5.64. The highest BCUT2D eigenvalue weighted by Crippen LogP contribution is 2.19. The fourth-order valence-electron chi connectivity index (χ4n) is 1.67. The van der Waals surface area contributed by atoms with Crippen LogP contribution < -0.4 is 10.1 Å². The molecule has 0 spiro atoms. The number of nitrogens with one attached hydrogen (secondary N) is 1. The molecule has 106 valence electrons. The molecule has 0 bridgehead atoms. The Kier molecular flexibility index (Phi) is 4.79. The van der Waals surface area contributed by atoms with Gasteiger partial charge in [0.1, 0.15) is 5.75 Å². The van der Waals surface area contributed by atoms with Gasteiger partial charge in [0.05, 0.1) is 18.1 Å². The molecule has 2 rings (SSSR count). The highest BCUT2D eigenvalue weighted by molar-refractivity contribution is 8.15. The summed E-state index contributed by atoms with van der Waals surface area (Å²) in [6.07, 6.45) is 1.81. The molecule has 6 heteroatoms. The van der Waals surface area contributed by atoms with Crippen molar-refractivity contribution in [3.8, 4) is 5.75 Å². The summed E-state index contributed by atoms with van der Waals surface area (Å²) in [5.74, 6) is 1.26. The monoisotopic (exact) mass is 291 g/mol. The number of amides is 1. The van der Waals surface area contributed by atoms with Crippen molar-refractivity contribution in [3.05, 3.63) is 29.3 Å². The average Bonchev–Trinajstić information content (AvgIpc) is 2.78. The first-order chi connectivity index (χ1) is 9.54. The fraction of sp³-hybridized carbons (Fsp3) is 0.357. The lowest BCUT2D eigenvalue weighted by atomic mass is 10.1. The van der Waals surface area contributed by atoms with Crippen molar-refractivity contribution in [2.24, 2.45) is 10.2 Å². The maximum Gasteiger partial charge on any atom is 0.236 e. The van der Waals surface area contributed by atoms with E-state index in [1.807, 2.05) is 39.0 Å². The van der Waals surface area contributed by atoms with E-state index in [4.69, 9.17) is 4.74 Å². The molecule has 1 N–H and O–H groups in total. The molecule has 0 saturated carbocycles. The number of thioether (sulfide) groups is 1. The number of ether oxygens (including phenoxy) is 1. The van der Waals surface area contributed by atoms with Crippen LogP contribution in [0.1, 0.15) is 25.0 Å². The molecule has 0 aromatic heterocycles. The molecule has 1 aliphatic heterocycles. The van der Waals surface area contributed by atoms with Gasteiger partial charge in [-0.15, -0.1) is 5.10 Å². The molecule has 1 aromatic rings. The quantitative estimate of drug-likeness (QED) is 0.684. The largest absolute Gasteiger partial charge is 0.491 e. The van der Waals surface area contributed by atoms with Gasteiger partial charge in [-0.3, -0.25) is 4.79 Å². The molecule has 0 unspecified atom stereocenters. The summed E-state index contributed by atoms with van der Waals surface area (Å²) in [5.41, 5.74) is 2.00. The van der Waals surface area contributed by atoms with E-state index in [1.54, 1.807) is 6.21 Å². The van der Waals surface area contributed by atoms with Crippen LogP contribution in [-0.2, 0) is 4.79 Å². The van der Waals surface area contributed by atoms with Gasteiger partial charge in [0.2, 0.25) is 5.91 Å². The maximum atomic E-state index is 11.0. The van der Waals surface area contributed by atoms with Gasteiger partial charge in [-0.05, 0) is 50.1 Å². The van der Waals surface area contributed by atoms with Crippen LogP contribution in [0.2, 0.25) is 0 Å². The molecular weight excluding hydrogens is 274 g/mol. The molecule has 0 aliphatic carbocycles. The van der Waals surface area contributed by atoms with Gasteiger partial charge < -0.3 is 10.1 Å². The van der Waals surface area contributed by atoms with Gasteiger partial charge in [0, 0.05) is 0 Å². The van der Waals surface area contributed by atoms with Gasteiger partial charge in [0.25, 0.3) is 0 Å². The molecule has 1 saturated heterocycles. The molecule has 1 fully saturated rings. The predicted octanol–water partition coefficient (Wildman–Crippen LogP) is 2.34. The zero-order chi connectivity index (χ0) is 14.5. The van der Waals surface area contributed by atoms with Gasteiger partial charge in [0.15, 0.2) is 5.17 Å². The lowest BCUT2D eigenvalue weighted by molar-refractivity contribution is -0.116. The van der Waals surface area contributed by atoms with Gasteiger partial charge >= 0.3 is 0 Å². The Morgan fingerprint density at radius 2 is 2.25 bits per heavy atom. The Bertz CT molecular complexity index is 568. The standard InChI is InChI=1S/C14H17N3O2S/c1-9(2)19-12-5-4-11(6-10(12)3)7-15-17-14-16-13(18)8-20-14/h4-7,9H,8H2,1-3H3,(H,16,17,18). The third-order valence-electron chi connectivity index (χ3n) is 2.50. The molecular formula is C14H17N3O2S. The summed E-state index contributed by atoms with van der Waals surface area (Å²) in [5, 5.41) is 11.1. The zero-order valence-corrected chi connectivity index (χ0v) is 12.5. The van der Waals surface area contributed by atoms with E-state index in [2.05, 4.69) is 15.5 Å². The lowest BCUT2D eigenvalue weighted by Crippen LogP contribution is -2.19. The number of nitrogens with zero attached hydrogens (tertiary/aromatic N) is 2. The number of carbonyl (C=O) groups is 1. The van der Waals surface area contributed by atoms with E-state index in [0.717, 1.165) is 16.9 Å². The van der Waals surface area contributed by atoms with Gasteiger partial charge in [-0.25, -0.2) is 0 Å². The molecule has 1 aromatic carbocycles. The van der Waals surface area contributed by atoms with Crippen molar-refractivity contribution in [2.75, 3.05) is 5.75 Å². The Hall–Kier alpha value is -1.82.